The highest BCUT2D eigenvalue weighted by Crippen LogP contribution is 2.55. The smallest absolute Gasteiger partial charge is 0.227 e. The summed E-state index contributed by atoms with van der Waals surface area (Å²) in [5.74, 6) is 5.59. The Balaban J connectivity index is 1.36. The van der Waals surface area contributed by atoms with Crippen molar-refractivity contribution in [2.45, 2.75) is 31.8 Å². The van der Waals surface area contributed by atoms with Crippen LogP contribution in [0.5, 0.6) is 0 Å². The van der Waals surface area contributed by atoms with E-state index in [9.17, 15) is 5.11 Å². The largest absolute Gasteiger partial charge is 0.391 e. The van der Waals surface area contributed by atoms with Crippen molar-refractivity contribution in [1.82, 2.24) is 9.97 Å². The van der Waals surface area contributed by atoms with Gasteiger partial charge < -0.3 is 14.9 Å². The first-order valence-electron chi connectivity index (χ1n) is 8.79. The number of hydrogen-bond acceptors (Lipinski definition) is 5. The lowest BCUT2D eigenvalue weighted by molar-refractivity contribution is 0.198. The maximum Gasteiger partial charge on any atom is 0.227 e. The fourth-order valence-corrected chi connectivity index (χ4v) is 5.46. The summed E-state index contributed by atoms with van der Waals surface area (Å²) >= 11 is 0. The van der Waals surface area contributed by atoms with Gasteiger partial charge in [0.15, 0.2) is 0 Å². The van der Waals surface area contributed by atoms with Crippen LogP contribution in [0.2, 0.25) is 0 Å². The van der Waals surface area contributed by atoms with Gasteiger partial charge in [-0.05, 0) is 55.4 Å². The molecule has 0 radical (unpaired) electrons. The molecule has 1 aromatic heterocycles. The van der Waals surface area contributed by atoms with E-state index in [4.69, 9.17) is 4.98 Å². The van der Waals surface area contributed by atoms with Gasteiger partial charge in [-0.15, -0.1) is 0 Å². The summed E-state index contributed by atoms with van der Waals surface area (Å²) in [4.78, 5) is 13.9. The second-order valence-corrected chi connectivity index (χ2v) is 7.67. The topological polar surface area (TPSA) is 52.5 Å². The van der Waals surface area contributed by atoms with Crippen molar-refractivity contribution >= 4 is 11.8 Å². The Kier molecular flexibility index (Phi) is 2.87. The summed E-state index contributed by atoms with van der Waals surface area (Å²) < 4.78 is 0. The van der Waals surface area contributed by atoms with Crippen molar-refractivity contribution < 1.29 is 5.11 Å². The van der Waals surface area contributed by atoms with Gasteiger partial charge >= 0.3 is 0 Å². The Hall–Kier alpha value is -1.36. The summed E-state index contributed by atoms with van der Waals surface area (Å²) in [7, 11) is 0. The maximum absolute atomic E-state index is 9.72. The maximum atomic E-state index is 9.72. The van der Waals surface area contributed by atoms with E-state index in [1.54, 1.807) is 0 Å². The molecule has 3 heterocycles. The fourth-order valence-electron chi connectivity index (χ4n) is 5.46. The molecule has 2 aliphatic carbocycles. The van der Waals surface area contributed by atoms with Crippen LogP contribution in [0.4, 0.5) is 11.8 Å². The van der Waals surface area contributed by atoms with Gasteiger partial charge in [-0.3, -0.25) is 0 Å². The number of aliphatic hydroxyl groups is 1. The Labute approximate surface area is 131 Å². The average molecular weight is 300 g/mol. The van der Waals surface area contributed by atoms with Gasteiger partial charge in [0.2, 0.25) is 5.95 Å². The molecule has 5 rings (SSSR count). The third-order valence-corrected chi connectivity index (χ3v) is 6.54. The van der Waals surface area contributed by atoms with E-state index in [0.717, 1.165) is 61.5 Å². The zero-order valence-corrected chi connectivity index (χ0v) is 12.9. The molecular weight excluding hydrogens is 276 g/mol. The lowest BCUT2D eigenvalue weighted by Gasteiger charge is -2.22. The minimum Gasteiger partial charge on any atom is -0.391 e. The van der Waals surface area contributed by atoms with Crippen molar-refractivity contribution in [2.75, 3.05) is 36.0 Å². The summed E-state index contributed by atoms with van der Waals surface area (Å²) in [6, 6.07) is 1.97. The first-order chi connectivity index (χ1) is 10.8. The van der Waals surface area contributed by atoms with Gasteiger partial charge in [0.1, 0.15) is 5.82 Å². The number of hydrogen-bond donors (Lipinski definition) is 1. The van der Waals surface area contributed by atoms with E-state index in [2.05, 4.69) is 14.8 Å². The Bertz CT molecular complexity index is 562. The molecule has 4 fully saturated rings. The molecule has 2 saturated heterocycles. The summed E-state index contributed by atoms with van der Waals surface area (Å²) in [6.45, 7) is 3.90. The van der Waals surface area contributed by atoms with Crippen molar-refractivity contribution in [3.8, 4) is 0 Å². The van der Waals surface area contributed by atoms with Crippen LogP contribution in [0.3, 0.4) is 0 Å². The summed E-state index contributed by atoms with van der Waals surface area (Å²) in [5.41, 5.74) is 0. The van der Waals surface area contributed by atoms with Gasteiger partial charge in [0.05, 0.1) is 6.10 Å². The van der Waals surface area contributed by atoms with Crippen LogP contribution in [0, 0.1) is 23.7 Å². The zero-order valence-electron chi connectivity index (χ0n) is 12.9. The van der Waals surface area contributed by atoms with E-state index in [0.29, 0.717) is 6.54 Å². The van der Waals surface area contributed by atoms with Crippen LogP contribution in [0.1, 0.15) is 25.7 Å². The van der Waals surface area contributed by atoms with Gasteiger partial charge in [0.25, 0.3) is 0 Å². The predicted molar refractivity (Wildman–Crippen MR) is 84.9 cm³/mol. The second-order valence-electron chi connectivity index (χ2n) is 7.67. The van der Waals surface area contributed by atoms with Crippen LogP contribution < -0.4 is 9.80 Å². The van der Waals surface area contributed by atoms with E-state index >= 15 is 0 Å². The molecule has 5 nitrogen and oxygen atoms in total. The van der Waals surface area contributed by atoms with Gasteiger partial charge in [-0.25, -0.2) is 4.98 Å². The minimum atomic E-state index is -0.208. The van der Waals surface area contributed by atoms with E-state index in [1.165, 1.54) is 19.3 Å². The number of β-amino-alcohol motifs (C(OH)–C–C–N with tert-alkyl or cyclic N) is 1. The highest BCUT2D eigenvalue weighted by molar-refractivity contribution is 5.45. The quantitative estimate of drug-likeness (QED) is 0.898. The number of fused-ring (bicyclic) bond motifs is 5. The highest BCUT2D eigenvalue weighted by atomic mass is 16.3. The van der Waals surface area contributed by atoms with Gasteiger partial charge in [-0.2, -0.15) is 4.98 Å². The first kappa shape index (κ1) is 13.1. The normalized spacial score (nSPS) is 39.8. The Morgan fingerprint density at radius 2 is 1.77 bits per heavy atom. The number of anilines is 2. The van der Waals surface area contributed by atoms with Crippen LogP contribution in [-0.4, -0.2) is 47.4 Å². The molecule has 1 aromatic rings. The standard InChI is InChI=1S/C17H24N4O/c22-13-4-6-20(8-13)16-3-5-18-17(19-16)21-9-14-11-1-2-12(7-11)15(14)10-21/h3,5,11-15,22H,1-2,4,6-10H2/t11-,12+,13-,14-,15+/m1/s1. The molecule has 2 bridgehead atoms. The molecule has 0 spiro atoms. The number of rotatable bonds is 2. The van der Waals surface area contributed by atoms with Crippen LogP contribution in [0.15, 0.2) is 12.3 Å². The third kappa shape index (κ3) is 1.94. The molecule has 0 aromatic carbocycles. The molecule has 5 atom stereocenters. The highest BCUT2D eigenvalue weighted by Gasteiger charge is 2.51. The molecule has 2 saturated carbocycles. The Morgan fingerprint density at radius 1 is 1.00 bits per heavy atom. The van der Waals surface area contributed by atoms with E-state index in [-0.39, 0.29) is 6.10 Å². The van der Waals surface area contributed by atoms with Crippen LogP contribution in [-0.2, 0) is 0 Å². The van der Waals surface area contributed by atoms with Crippen molar-refractivity contribution in [1.29, 1.82) is 0 Å². The van der Waals surface area contributed by atoms with Gasteiger partial charge in [-0.1, -0.05) is 0 Å². The lowest BCUT2D eigenvalue weighted by atomic mass is 9.82. The Morgan fingerprint density at radius 3 is 2.45 bits per heavy atom. The first-order valence-corrected chi connectivity index (χ1v) is 8.79. The molecular formula is C17H24N4O. The summed E-state index contributed by atoms with van der Waals surface area (Å²) in [6.07, 6.45) is 6.90. The molecule has 2 aliphatic heterocycles. The van der Waals surface area contributed by atoms with Crippen LogP contribution >= 0.6 is 0 Å². The molecule has 1 N–H and O–H groups in total. The fraction of sp³-hybridized carbons (Fsp3) is 0.765. The molecule has 4 aliphatic rings. The average Bonchev–Trinajstić information content (AvgIpc) is 3.29. The monoisotopic (exact) mass is 300 g/mol. The number of aromatic nitrogens is 2. The number of aliphatic hydroxyl groups excluding tert-OH is 1. The molecule has 5 heteroatoms. The van der Waals surface area contributed by atoms with Gasteiger partial charge in [0, 0.05) is 32.4 Å². The summed E-state index contributed by atoms with van der Waals surface area (Å²) in [5, 5.41) is 9.72. The minimum absolute atomic E-state index is 0.208. The zero-order chi connectivity index (χ0) is 14.7. The number of nitrogens with zero attached hydrogens (tertiary/aromatic N) is 4. The predicted octanol–water partition coefficient (Wildman–Crippen LogP) is 1.53. The van der Waals surface area contributed by atoms with E-state index in [1.807, 2.05) is 12.3 Å². The molecule has 0 unspecified atom stereocenters. The lowest BCUT2D eigenvalue weighted by Crippen LogP contribution is -2.27. The SMILES string of the molecule is O[C@@H]1CCN(c2ccnc(N3C[C@@H]4[C@@H]5CC[C@@H](C5)[C@@H]4C3)n2)C1. The van der Waals surface area contributed by atoms with Crippen LogP contribution in [0.25, 0.3) is 0 Å². The van der Waals surface area contributed by atoms with E-state index < -0.39 is 0 Å². The molecule has 118 valence electrons. The van der Waals surface area contributed by atoms with Crippen molar-refractivity contribution in [3.05, 3.63) is 12.3 Å². The van der Waals surface area contributed by atoms with Crippen molar-refractivity contribution in [3.63, 3.8) is 0 Å². The molecule has 22 heavy (non-hydrogen) atoms. The van der Waals surface area contributed by atoms with Crippen molar-refractivity contribution in [2.24, 2.45) is 23.7 Å². The molecule has 0 amide bonds. The second kappa shape index (κ2) is 4.82. The third-order valence-electron chi connectivity index (χ3n) is 6.54.